The van der Waals surface area contributed by atoms with Crippen molar-refractivity contribution in [2.45, 2.75) is 26.2 Å². The number of rotatable bonds is 4. The molecule has 1 aromatic carbocycles. The van der Waals surface area contributed by atoms with E-state index in [4.69, 9.17) is 0 Å². The summed E-state index contributed by atoms with van der Waals surface area (Å²) < 4.78 is 0. The first kappa shape index (κ1) is 11.4. The molecule has 1 heteroatoms. The molecule has 0 atom stereocenters. The van der Waals surface area contributed by atoms with Gasteiger partial charge in [-0.1, -0.05) is 36.4 Å². The number of hydrogen-bond acceptors (Lipinski definition) is 1. The van der Waals surface area contributed by atoms with E-state index in [1.54, 1.807) is 0 Å². The molecule has 1 aliphatic heterocycles. The van der Waals surface area contributed by atoms with Crippen LogP contribution in [0.4, 0.5) is 0 Å². The quantitative estimate of drug-likeness (QED) is 0.742. The lowest BCUT2D eigenvalue weighted by Gasteiger charge is -2.12. The Kier molecular flexibility index (Phi) is 4.17. The zero-order valence-electron chi connectivity index (χ0n) is 10.2. The minimum Gasteiger partial charge on any atom is -0.303 e. The van der Waals surface area contributed by atoms with Crippen LogP contribution in [0, 0.1) is 0 Å². The van der Waals surface area contributed by atoms with E-state index in [9.17, 15) is 0 Å². The second-order valence-electron chi connectivity index (χ2n) is 4.59. The summed E-state index contributed by atoms with van der Waals surface area (Å²) in [5.74, 6) is 0. The fraction of sp³-hybridized carbons (Fsp3) is 0.467. The third-order valence-corrected chi connectivity index (χ3v) is 3.32. The highest BCUT2D eigenvalue weighted by molar-refractivity contribution is 5.63. The molecule has 0 N–H and O–H groups in total. The highest BCUT2D eigenvalue weighted by Crippen LogP contribution is 2.14. The molecule has 0 aromatic heterocycles. The van der Waals surface area contributed by atoms with Crippen LogP contribution in [0.1, 0.15) is 31.7 Å². The van der Waals surface area contributed by atoms with Gasteiger partial charge in [0.05, 0.1) is 0 Å². The molecule has 0 saturated carbocycles. The maximum Gasteiger partial charge on any atom is 0.00161 e. The summed E-state index contributed by atoms with van der Waals surface area (Å²) in [5, 5.41) is 0. The minimum absolute atomic E-state index is 1.18. The van der Waals surface area contributed by atoms with E-state index < -0.39 is 0 Å². The van der Waals surface area contributed by atoms with Gasteiger partial charge in [-0.2, -0.15) is 0 Å². The molecule has 1 fully saturated rings. The molecule has 1 nitrogen and oxygen atoms in total. The van der Waals surface area contributed by atoms with Gasteiger partial charge in [0.25, 0.3) is 0 Å². The van der Waals surface area contributed by atoms with Crippen molar-refractivity contribution < 1.29 is 0 Å². The van der Waals surface area contributed by atoms with Crippen LogP contribution in [0.3, 0.4) is 0 Å². The van der Waals surface area contributed by atoms with E-state index in [0.717, 1.165) is 0 Å². The molecular weight excluding hydrogens is 194 g/mol. The molecule has 0 spiro atoms. The number of benzene rings is 1. The van der Waals surface area contributed by atoms with Crippen molar-refractivity contribution in [1.29, 1.82) is 0 Å². The average molecular weight is 215 g/mol. The van der Waals surface area contributed by atoms with Gasteiger partial charge in [-0.15, -0.1) is 0 Å². The molecule has 0 amide bonds. The van der Waals surface area contributed by atoms with Gasteiger partial charge >= 0.3 is 0 Å². The van der Waals surface area contributed by atoms with Crippen LogP contribution in [-0.2, 0) is 0 Å². The van der Waals surface area contributed by atoms with Gasteiger partial charge in [-0.05, 0) is 50.4 Å². The van der Waals surface area contributed by atoms with Crippen LogP contribution >= 0.6 is 0 Å². The van der Waals surface area contributed by atoms with Crippen molar-refractivity contribution in [2.75, 3.05) is 19.6 Å². The topological polar surface area (TPSA) is 3.24 Å². The summed E-state index contributed by atoms with van der Waals surface area (Å²) in [6, 6.07) is 10.6. The van der Waals surface area contributed by atoms with Crippen LogP contribution in [0.2, 0.25) is 0 Å². The van der Waals surface area contributed by atoms with E-state index in [2.05, 4.69) is 48.2 Å². The monoisotopic (exact) mass is 215 g/mol. The van der Waals surface area contributed by atoms with Gasteiger partial charge in [-0.25, -0.2) is 0 Å². The Labute approximate surface area is 98.8 Å². The molecular formula is C15H21N. The zero-order valence-corrected chi connectivity index (χ0v) is 10.2. The Hall–Kier alpha value is -1.08. The van der Waals surface area contributed by atoms with E-state index in [0.29, 0.717) is 0 Å². The van der Waals surface area contributed by atoms with Crippen LogP contribution in [-0.4, -0.2) is 24.5 Å². The molecule has 0 unspecified atom stereocenters. The predicted octanol–water partition coefficient (Wildman–Crippen LogP) is 3.58. The standard InChI is InChI=1S/C15H21N/c1-14(15-9-3-2-4-10-15)8-7-13-16-11-5-6-12-16/h2-4,8-10H,5-7,11-13H2,1H3. The molecule has 0 bridgehead atoms. The third kappa shape index (κ3) is 3.21. The smallest absolute Gasteiger partial charge is 0.00161 e. The molecule has 1 saturated heterocycles. The Morgan fingerprint density at radius 3 is 2.56 bits per heavy atom. The zero-order chi connectivity index (χ0) is 11.2. The van der Waals surface area contributed by atoms with E-state index in [-0.39, 0.29) is 0 Å². The summed E-state index contributed by atoms with van der Waals surface area (Å²) >= 11 is 0. The van der Waals surface area contributed by atoms with Gasteiger partial charge < -0.3 is 4.90 Å². The second-order valence-corrected chi connectivity index (χ2v) is 4.59. The summed E-state index contributed by atoms with van der Waals surface area (Å²) in [6.07, 6.45) is 6.33. The van der Waals surface area contributed by atoms with Gasteiger partial charge in [0.1, 0.15) is 0 Å². The fourth-order valence-corrected chi connectivity index (χ4v) is 2.29. The lowest BCUT2D eigenvalue weighted by Crippen LogP contribution is -2.19. The van der Waals surface area contributed by atoms with Crippen molar-refractivity contribution >= 4 is 5.57 Å². The molecule has 2 rings (SSSR count). The lowest BCUT2D eigenvalue weighted by molar-refractivity contribution is 0.346. The molecule has 1 aliphatic rings. The molecule has 0 radical (unpaired) electrons. The van der Waals surface area contributed by atoms with E-state index in [1.807, 2.05) is 0 Å². The van der Waals surface area contributed by atoms with Crippen molar-refractivity contribution in [1.82, 2.24) is 4.90 Å². The molecule has 1 heterocycles. The van der Waals surface area contributed by atoms with E-state index in [1.165, 1.54) is 50.0 Å². The van der Waals surface area contributed by atoms with Gasteiger partial charge in [0.15, 0.2) is 0 Å². The summed E-state index contributed by atoms with van der Waals surface area (Å²) in [5.41, 5.74) is 2.75. The normalized spacial score (nSPS) is 17.9. The average Bonchev–Trinajstić information content (AvgIpc) is 2.83. The maximum absolute atomic E-state index is 2.56. The summed E-state index contributed by atoms with van der Waals surface area (Å²) in [7, 11) is 0. The van der Waals surface area contributed by atoms with Crippen LogP contribution in [0.15, 0.2) is 36.4 Å². The predicted molar refractivity (Wildman–Crippen MR) is 70.4 cm³/mol. The van der Waals surface area contributed by atoms with Crippen molar-refractivity contribution in [3.05, 3.63) is 42.0 Å². The fourth-order valence-electron chi connectivity index (χ4n) is 2.29. The maximum atomic E-state index is 2.56. The first-order valence-corrected chi connectivity index (χ1v) is 6.31. The molecule has 86 valence electrons. The highest BCUT2D eigenvalue weighted by Gasteiger charge is 2.09. The van der Waals surface area contributed by atoms with Crippen molar-refractivity contribution in [3.63, 3.8) is 0 Å². The number of nitrogens with zero attached hydrogens (tertiary/aromatic N) is 1. The Balaban J connectivity index is 1.82. The van der Waals surface area contributed by atoms with Crippen LogP contribution in [0.5, 0.6) is 0 Å². The third-order valence-electron chi connectivity index (χ3n) is 3.32. The molecule has 1 aromatic rings. The Morgan fingerprint density at radius 2 is 1.88 bits per heavy atom. The molecule has 16 heavy (non-hydrogen) atoms. The van der Waals surface area contributed by atoms with Crippen molar-refractivity contribution in [3.8, 4) is 0 Å². The second kappa shape index (κ2) is 5.86. The van der Waals surface area contributed by atoms with Crippen molar-refractivity contribution in [2.24, 2.45) is 0 Å². The number of allylic oxidation sites excluding steroid dienone is 1. The number of likely N-dealkylation sites (tertiary alicyclic amines) is 1. The summed E-state index contributed by atoms with van der Waals surface area (Å²) in [6.45, 7) is 6.04. The van der Waals surface area contributed by atoms with Crippen LogP contribution in [0.25, 0.3) is 5.57 Å². The first-order valence-electron chi connectivity index (χ1n) is 6.31. The largest absolute Gasteiger partial charge is 0.303 e. The van der Waals surface area contributed by atoms with Crippen LogP contribution < -0.4 is 0 Å². The van der Waals surface area contributed by atoms with E-state index >= 15 is 0 Å². The number of hydrogen-bond donors (Lipinski definition) is 0. The van der Waals surface area contributed by atoms with Gasteiger partial charge in [0.2, 0.25) is 0 Å². The van der Waals surface area contributed by atoms with Gasteiger partial charge in [0, 0.05) is 6.54 Å². The van der Waals surface area contributed by atoms with Gasteiger partial charge in [-0.3, -0.25) is 0 Å². The SMILES string of the molecule is CC(=CCCN1CCCC1)c1ccccc1. The first-order chi connectivity index (χ1) is 7.86. The lowest BCUT2D eigenvalue weighted by atomic mass is 10.1. The Morgan fingerprint density at radius 1 is 1.19 bits per heavy atom. The molecule has 0 aliphatic carbocycles. The highest BCUT2D eigenvalue weighted by atomic mass is 15.1. The minimum atomic E-state index is 1.18. The Bertz CT molecular complexity index is 334. The summed E-state index contributed by atoms with van der Waals surface area (Å²) in [4.78, 5) is 2.56.